The molecule has 0 unspecified atom stereocenters. The maximum Gasteiger partial charge on any atom is 0.322 e. The highest BCUT2D eigenvalue weighted by Gasteiger charge is 2.43. The molecule has 0 saturated carbocycles. The Balaban J connectivity index is 1.73. The van der Waals surface area contributed by atoms with E-state index in [2.05, 4.69) is 5.32 Å². The standard InChI is InChI=1S/C19H15N5O6/c1-21-15-10-22(12-5-7-13(8-6-12)23(27)28)18(25)16(15)17(20-19(21)26)11-3-2-4-14(9-11)24(29)30/h2-9,17H,10H2,1H3,(H,20,26)/t17-/m1/s1. The topological polar surface area (TPSA) is 139 Å². The summed E-state index contributed by atoms with van der Waals surface area (Å²) in [7, 11) is 1.53. The maximum atomic E-state index is 13.2. The molecule has 2 aromatic carbocycles. The molecule has 0 spiro atoms. The van der Waals surface area contributed by atoms with E-state index in [0.29, 0.717) is 22.5 Å². The quantitative estimate of drug-likeness (QED) is 0.608. The van der Waals surface area contributed by atoms with Crippen LogP contribution in [0.5, 0.6) is 0 Å². The highest BCUT2D eigenvalue weighted by molar-refractivity contribution is 6.11. The summed E-state index contributed by atoms with van der Waals surface area (Å²) in [6.45, 7) is 0.0985. The van der Waals surface area contributed by atoms with Crippen LogP contribution in [-0.2, 0) is 4.79 Å². The minimum Gasteiger partial charge on any atom is -0.327 e. The van der Waals surface area contributed by atoms with Gasteiger partial charge in [-0.3, -0.25) is 29.9 Å². The SMILES string of the molecule is CN1C(=O)N[C@H](c2cccc([N+](=O)[O-])c2)C2=C1CN(c1ccc([N+](=O)[O-])cc1)C2=O. The summed E-state index contributed by atoms with van der Waals surface area (Å²) < 4.78 is 0. The molecule has 11 nitrogen and oxygen atoms in total. The first-order chi connectivity index (χ1) is 14.3. The lowest BCUT2D eigenvalue weighted by Gasteiger charge is -2.30. The number of anilines is 1. The molecule has 3 amide bonds. The fourth-order valence-electron chi connectivity index (χ4n) is 3.60. The van der Waals surface area contributed by atoms with Gasteiger partial charge < -0.3 is 10.2 Å². The van der Waals surface area contributed by atoms with Crippen LogP contribution in [0, 0.1) is 20.2 Å². The largest absolute Gasteiger partial charge is 0.327 e. The number of carbonyl (C=O) groups is 2. The molecule has 2 aliphatic rings. The number of amides is 3. The average Bonchev–Trinajstić information content (AvgIpc) is 3.08. The van der Waals surface area contributed by atoms with Crippen molar-refractivity contribution >= 4 is 29.0 Å². The Morgan fingerprint density at radius 3 is 2.30 bits per heavy atom. The summed E-state index contributed by atoms with van der Waals surface area (Å²) in [5, 5.41) is 24.7. The molecule has 0 radical (unpaired) electrons. The average molecular weight is 409 g/mol. The first-order valence-corrected chi connectivity index (χ1v) is 8.86. The van der Waals surface area contributed by atoms with Crippen LogP contribution in [0.4, 0.5) is 21.9 Å². The predicted molar refractivity (Wildman–Crippen MR) is 105 cm³/mol. The molecule has 11 heteroatoms. The molecule has 1 atom stereocenters. The summed E-state index contributed by atoms with van der Waals surface area (Å²) >= 11 is 0. The van der Waals surface area contributed by atoms with Gasteiger partial charge in [-0.25, -0.2) is 4.79 Å². The van der Waals surface area contributed by atoms with Crippen molar-refractivity contribution in [1.82, 2.24) is 10.2 Å². The molecule has 0 aliphatic carbocycles. The van der Waals surface area contributed by atoms with Crippen molar-refractivity contribution in [2.45, 2.75) is 6.04 Å². The van der Waals surface area contributed by atoms with E-state index in [1.165, 1.54) is 59.3 Å². The van der Waals surface area contributed by atoms with Gasteiger partial charge in [-0.1, -0.05) is 12.1 Å². The predicted octanol–water partition coefficient (Wildman–Crippen LogP) is 2.50. The van der Waals surface area contributed by atoms with Crippen molar-refractivity contribution < 1.29 is 19.4 Å². The van der Waals surface area contributed by atoms with Gasteiger partial charge in [0.1, 0.15) is 0 Å². The zero-order valence-corrected chi connectivity index (χ0v) is 15.6. The van der Waals surface area contributed by atoms with Crippen molar-refractivity contribution in [2.75, 3.05) is 18.5 Å². The Bertz CT molecular complexity index is 1130. The second-order valence-electron chi connectivity index (χ2n) is 6.82. The zero-order chi connectivity index (χ0) is 21.6. The zero-order valence-electron chi connectivity index (χ0n) is 15.6. The first kappa shape index (κ1) is 19.1. The molecule has 2 heterocycles. The number of nitrogens with one attached hydrogen (secondary N) is 1. The highest BCUT2D eigenvalue weighted by Crippen LogP contribution is 2.38. The molecular weight excluding hydrogens is 394 g/mol. The van der Waals surface area contributed by atoms with E-state index in [-0.39, 0.29) is 23.8 Å². The molecule has 0 aromatic heterocycles. The fourth-order valence-corrected chi connectivity index (χ4v) is 3.60. The number of nitro benzene ring substituents is 2. The van der Waals surface area contributed by atoms with E-state index in [1.807, 2.05) is 0 Å². The summed E-state index contributed by atoms with van der Waals surface area (Å²) in [6, 6.07) is 9.98. The van der Waals surface area contributed by atoms with E-state index in [1.54, 1.807) is 6.07 Å². The lowest BCUT2D eigenvalue weighted by Crippen LogP contribution is -2.45. The number of urea groups is 1. The number of nitrogens with zero attached hydrogens (tertiary/aromatic N) is 4. The van der Waals surface area contributed by atoms with Gasteiger partial charge in [0, 0.05) is 37.0 Å². The Labute approximate surface area is 169 Å². The lowest BCUT2D eigenvalue weighted by atomic mass is 9.95. The Kier molecular flexibility index (Phi) is 4.42. The molecule has 1 N–H and O–H groups in total. The van der Waals surface area contributed by atoms with E-state index < -0.39 is 21.9 Å². The van der Waals surface area contributed by atoms with Crippen molar-refractivity contribution in [1.29, 1.82) is 0 Å². The van der Waals surface area contributed by atoms with Crippen LogP contribution in [0.3, 0.4) is 0 Å². The number of rotatable bonds is 4. The van der Waals surface area contributed by atoms with E-state index in [0.717, 1.165) is 0 Å². The molecule has 2 aliphatic heterocycles. The monoisotopic (exact) mass is 409 g/mol. The summed E-state index contributed by atoms with van der Waals surface area (Å²) in [4.78, 5) is 49.3. The van der Waals surface area contributed by atoms with Gasteiger partial charge in [0.25, 0.3) is 17.3 Å². The third kappa shape index (κ3) is 3.02. The van der Waals surface area contributed by atoms with Crippen LogP contribution >= 0.6 is 0 Å². The number of non-ortho nitro benzene ring substituents is 2. The van der Waals surface area contributed by atoms with E-state index in [9.17, 15) is 29.8 Å². The van der Waals surface area contributed by atoms with Gasteiger partial charge in [-0.15, -0.1) is 0 Å². The molecule has 4 rings (SSSR count). The second kappa shape index (κ2) is 6.95. The number of benzene rings is 2. The summed E-state index contributed by atoms with van der Waals surface area (Å²) in [5.74, 6) is -0.387. The molecule has 30 heavy (non-hydrogen) atoms. The minimum atomic E-state index is -0.848. The van der Waals surface area contributed by atoms with Crippen molar-refractivity contribution in [3.8, 4) is 0 Å². The maximum absolute atomic E-state index is 13.2. The summed E-state index contributed by atoms with van der Waals surface area (Å²) in [5.41, 5.74) is 1.37. The number of hydrogen-bond acceptors (Lipinski definition) is 6. The van der Waals surface area contributed by atoms with Crippen LogP contribution < -0.4 is 10.2 Å². The lowest BCUT2D eigenvalue weighted by molar-refractivity contribution is -0.385. The Morgan fingerprint density at radius 2 is 1.67 bits per heavy atom. The van der Waals surface area contributed by atoms with Crippen molar-refractivity contribution in [3.05, 3.63) is 85.6 Å². The number of carbonyl (C=O) groups excluding carboxylic acids is 2. The Hall–Kier alpha value is -4.28. The van der Waals surface area contributed by atoms with Crippen LogP contribution in [0.15, 0.2) is 59.8 Å². The number of nitro groups is 2. The molecule has 2 aromatic rings. The van der Waals surface area contributed by atoms with Crippen LogP contribution in [0.2, 0.25) is 0 Å². The number of likely N-dealkylation sites (N-methyl/N-ethyl adjacent to an activating group) is 1. The second-order valence-corrected chi connectivity index (χ2v) is 6.82. The molecule has 0 saturated heterocycles. The van der Waals surface area contributed by atoms with Crippen LogP contribution in [-0.4, -0.2) is 40.3 Å². The molecular formula is C19H15N5O6. The minimum absolute atomic E-state index is 0.0985. The van der Waals surface area contributed by atoms with Gasteiger partial charge in [0.05, 0.1) is 33.7 Å². The third-order valence-electron chi connectivity index (χ3n) is 5.15. The first-order valence-electron chi connectivity index (χ1n) is 8.86. The van der Waals surface area contributed by atoms with Gasteiger partial charge >= 0.3 is 6.03 Å². The van der Waals surface area contributed by atoms with Crippen LogP contribution in [0.25, 0.3) is 0 Å². The number of hydrogen-bond donors (Lipinski definition) is 1. The van der Waals surface area contributed by atoms with Crippen LogP contribution in [0.1, 0.15) is 11.6 Å². The van der Waals surface area contributed by atoms with Gasteiger partial charge in [-0.2, -0.15) is 0 Å². The van der Waals surface area contributed by atoms with Gasteiger partial charge in [-0.05, 0) is 17.7 Å². The van der Waals surface area contributed by atoms with Gasteiger partial charge in [0.2, 0.25) is 0 Å². The van der Waals surface area contributed by atoms with Crippen molar-refractivity contribution in [3.63, 3.8) is 0 Å². The fraction of sp³-hybridized carbons (Fsp3) is 0.158. The highest BCUT2D eigenvalue weighted by atomic mass is 16.6. The van der Waals surface area contributed by atoms with Crippen molar-refractivity contribution in [2.24, 2.45) is 0 Å². The summed E-state index contributed by atoms with van der Waals surface area (Å²) in [6.07, 6.45) is 0. The Morgan fingerprint density at radius 1 is 1.00 bits per heavy atom. The third-order valence-corrected chi connectivity index (χ3v) is 5.15. The smallest absolute Gasteiger partial charge is 0.322 e. The van der Waals surface area contributed by atoms with Gasteiger partial charge in [0.15, 0.2) is 0 Å². The van der Waals surface area contributed by atoms with E-state index in [4.69, 9.17) is 0 Å². The molecule has 0 fully saturated rings. The molecule has 152 valence electrons. The molecule has 0 bridgehead atoms. The van der Waals surface area contributed by atoms with E-state index >= 15 is 0 Å². The normalized spacial score (nSPS) is 18.4.